The summed E-state index contributed by atoms with van der Waals surface area (Å²) in [6, 6.07) is -0.362. The molecule has 4 N–H and O–H groups in total. The van der Waals surface area contributed by atoms with Gasteiger partial charge in [0.25, 0.3) is 0 Å². The van der Waals surface area contributed by atoms with Gasteiger partial charge in [-0.15, -0.1) is 0 Å². The maximum absolute atomic E-state index is 12.3. The second-order valence-corrected chi connectivity index (χ2v) is 8.97. The van der Waals surface area contributed by atoms with Crippen molar-refractivity contribution >= 4 is 5.78 Å². The van der Waals surface area contributed by atoms with E-state index < -0.39 is 6.10 Å². The van der Waals surface area contributed by atoms with Crippen molar-refractivity contribution in [1.82, 2.24) is 0 Å². The number of ketones is 1. The van der Waals surface area contributed by atoms with Gasteiger partial charge >= 0.3 is 0 Å². The molecular formula is C19H29NO3. The molecule has 0 spiro atoms. The highest BCUT2D eigenvalue weighted by molar-refractivity contribution is 5.87. The minimum atomic E-state index is -0.410. The summed E-state index contributed by atoms with van der Waals surface area (Å²) >= 11 is 0. The van der Waals surface area contributed by atoms with Gasteiger partial charge in [-0.25, -0.2) is 0 Å². The van der Waals surface area contributed by atoms with Gasteiger partial charge in [-0.1, -0.05) is 25.5 Å². The Labute approximate surface area is 138 Å². The third-order valence-electron chi connectivity index (χ3n) is 8.03. The molecule has 8 atom stereocenters. The molecule has 4 nitrogen and oxygen atoms in total. The van der Waals surface area contributed by atoms with Crippen LogP contribution in [0.5, 0.6) is 0 Å². The lowest BCUT2D eigenvalue weighted by molar-refractivity contribution is -0.119. The van der Waals surface area contributed by atoms with Gasteiger partial charge in [0.05, 0.1) is 18.2 Å². The van der Waals surface area contributed by atoms with E-state index >= 15 is 0 Å². The van der Waals surface area contributed by atoms with Gasteiger partial charge in [0, 0.05) is 6.42 Å². The van der Waals surface area contributed by atoms with Crippen LogP contribution in [-0.2, 0) is 4.79 Å². The molecule has 4 heteroatoms. The van der Waals surface area contributed by atoms with Gasteiger partial charge in [0.1, 0.15) is 5.78 Å². The van der Waals surface area contributed by atoms with Crippen molar-refractivity contribution in [3.05, 3.63) is 11.6 Å². The lowest BCUT2D eigenvalue weighted by atomic mass is 9.46. The summed E-state index contributed by atoms with van der Waals surface area (Å²) in [6.45, 7) is 4.47. The SMILES string of the molecule is C[C@]12CC[C@H]3[C@@H]([C@@H](O)CC4=C[C@@H](O)CC[C@@]43C)[C@@H]1CC(=O)[C@@H]2N. The fourth-order valence-electron chi connectivity index (χ4n) is 6.51. The Morgan fingerprint density at radius 2 is 1.87 bits per heavy atom. The molecule has 0 amide bonds. The Kier molecular flexibility index (Phi) is 3.37. The molecule has 4 aliphatic carbocycles. The zero-order chi connectivity index (χ0) is 16.6. The molecule has 4 rings (SSSR count). The average molecular weight is 319 g/mol. The van der Waals surface area contributed by atoms with E-state index in [1.807, 2.05) is 6.08 Å². The van der Waals surface area contributed by atoms with Crippen molar-refractivity contribution in [2.24, 2.45) is 34.3 Å². The molecule has 0 saturated heterocycles. The van der Waals surface area contributed by atoms with Gasteiger partial charge in [-0.3, -0.25) is 4.79 Å². The van der Waals surface area contributed by atoms with E-state index in [2.05, 4.69) is 13.8 Å². The quantitative estimate of drug-likeness (QED) is 0.594. The minimum Gasteiger partial charge on any atom is -0.392 e. The Balaban J connectivity index is 1.74. The highest BCUT2D eigenvalue weighted by atomic mass is 16.3. The van der Waals surface area contributed by atoms with Crippen LogP contribution in [0.3, 0.4) is 0 Å². The van der Waals surface area contributed by atoms with E-state index in [0.29, 0.717) is 18.8 Å². The van der Waals surface area contributed by atoms with Crippen LogP contribution in [0, 0.1) is 28.6 Å². The number of hydrogen-bond acceptors (Lipinski definition) is 4. The number of carbonyl (C=O) groups is 1. The molecule has 128 valence electrons. The summed E-state index contributed by atoms with van der Waals surface area (Å²) in [5.74, 6) is 0.963. The summed E-state index contributed by atoms with van der Waals surface area (Å²) in [7, 11) is 0. The molecule has 0 bridgehead atoms. The van der Waals surface area contributed by atoms with E-state index in [1.54, 1.807) is 0 Å². The molecular weight excluding hydrogens is 290 g/mol. The van der Waals surface area contributed by atoms with Crippen molar-refractivity contribution in [3.63, 3.8) is 0 Å². The maximum atomic E-state index is 12.3. The number of carbonyl (C=O) groups excluding carboxylic acids is 1. The van der Waals surface area contributed by atoms with Crippen LogP contribution in [0.4, 0.5) is 0 Å². The predicted molar refractivity (Wildman–Crippen MR) is 87.5 cm³/mol. The molecule has 0 aromatic heterocycles. The summed E-state index contributed by atoms with van der Waals surface area (Å²) < 4.78 is 0. The Bertz CT molecular complexity index is 573. The fraction of sp³-hybridized carbons (Fsp3) is 0.842. The average Bonchev–Trinajstić information content (AvgIpc) is 2.73. The van der Waals surface area contributed by atoms with Crippen molar-refractivity contribution in [1.29, 1.82) is 0 Å². The number of aliphatic hydroxyl groups excluding tert-OH is 2. The molecule has 0 radical (unpaired) electrons. The first kappa shape index (κ1) is 15.8. The molecule has 0 heterocycles. The summed E-state index contributed by atoms with van der Waals surface area (Å²) in [5.41, 5.74) is 7.40. The van der Waals surface area contributed by atoms with Crippen LogP contribution in [-0.4, -0.2) is 34.2 Å². The molecule has 0 aliphatic heterocycles. The van der Waals surface area contributed by atoms with Crippen LogP contribution in [0.1, 0.15) is 52.4 Å². The van der Waals surface area contributed by atoms with Crippen molar-refractivity contribution < 1.29 is 15.0 Å². The highest BCUT2D eigenvalue weighted by Gasteiger charge is 2.62. The smallest absolute Gasteiger partial charge is 0.150 e. The van der Waals surface area contributed by atoms with E-state index in [1.165, 1.54) is 5.57 Å². The van der Waals surface area contributed by atoms with Crippen LogP contribution in [0.15, 0.2) is 11.6 Å². The van der Waals surface area contributed by atoms with Crippen LogP contribution in [0.2, 0.25) is 0 Å². The third kappa shape index (κ3) is 1.98. The second-order valence-electron chi connectivity index (χ2n) is 8.97. The zero-order valence-electron chi connectivity index (χ0n) is 14.2. The number of fused-ring (bicyclic) bond motifs is 5. The monoisotopic (exact) mass is 319 g/mol. The molecule has 3 fully saturated rings. The first-order chi connectivity index (χ1) is 10.8. The van der Waals surface area contributed by atoms with Crippen LogP contribution >= 0.6 is 0 Å². The Morgan fingerprint density at radius 3 is 2.61 bits per heavy atom. The number of Topliss-reactive ketones (excluding diaryl/α,β-unsaturated/α-hetero) is 1. The van der Waals surface area contributed by atoms with E-state index in [9.17, 15) is 15.0 Å². The van der Waals surface area contributed by atoms with Crippen molar-refractivity contribution in [2.75, 3.05) is 0 Å². The standard InChI is InChI=1S/C19H29NO3/c1-18-5-3-11(21)7-10(18)8-14(22)16-12(18)4-6-19(2)13(16)9-15(23)17(19)20/h7,11-14,16-17,21-22H,3-6,8-9,20H2,1-2H3/t11-,12-,13-,14-,16+,17-,18-,19-/m0/s1. The Morgan fingerprint density at radius 1 is 1.13 bits per heavy atom. The van der Waals surface area contributed by atoms with Crippen LogP contribution < -0.4 is 5.73 Å². The number of nitrogens with two attached hydrogens (primary N) is 1. The number of hydrogen-bond donors (Lipinski definition) is 3. The molecule has 3 saturated carbocycles. The van der Waals surface area contributed by atoms with Gasteiger partial charge in [0.2, 0.25) is 0 Å². The second kappa shape index (κ2) is 4.90. The normalized spacial score (nSPS) is 55.7. The lowest BCUT2D eigenvalue weighted by Crippen LogP contribution is -2.57. The largest absolute Gasteiger partial charge is 0.392 e. The molecule has 23 heavy (non-hydrogen) atoms. The number of rotatable bonds is 0. The fourth-order valence-corrected chi connectivity index (χ4v) is 6.51. The van der Waals surface area contributed by atoms with Gasteiger partial charge < -0.3 is 15.9 Å². The van der Waals surface area contributed by atoms with Crippen molar-refractivity contribution in [2.45, 2.75) is 70.6 Å². The van der Waals surface area contributed by atoms with Gasteiger partial charge in [-0.05, 0) is 60.7 Å². The third-order valence-corrected chi connectivity index (χ3v) is 8.03. The summed E-state index contributed by atoms with van der Waals surface area (Å²) in [5, 5.41) is 20.9. The number of aliphatic hydroxyl groups is 2. The van der Waals surface area contributed by atoms with Gasteiger partial charge in [0.15, 0.2) is 0 Å². The Hall–Kier alpha value is -0.710. The topological polar surface area (TPSA) is 83.5 Å². The molecule has 0 aromatic rings. The molecule has 0 aromatic carbocycles. The maximum Gasteiger partial charge on any atom is 0.150 e. The van der Waals surface area contributed by atoms with Gasteiger partial charge in [-0.2, -0.15) is 0 Å². The predicted octanol–water partition coefficient (Wildman–Crippen LogP) is 1.79. The zero-order valence-corrected chi connectivity index (χ0v) is 14.2. The first-order valence-electron chi connectivity index (χ1n) is 9.13. The minimum absolute atomic E-state index is 0.0696. The van der Waals surface area contributed by atoms with Crippen LogP contribution in [0.25, 0.3) is 0 Å². The van der Waals surface area contributed by atoms with Crippen molar-refractivity contribution in [3.8, 4) is 0 Å². The lowest BCUT2D eigenvalue weighted by Gasteiger charge is -2.59. The van der Waals surface area contributed by atoms with E-state index in [4.69, 9.17) is 5.73 Å². The summed E-state index contributed by atoms with van der Waals surface area (Å²) in [6.07, 6.45) is 6.19. The van der Waals surface area contributed by atoms with E-state index in [-0.39, 0.29) is 40.6 Å². The summed E-state index contributed by atoms with van der Waals surface area (Å²) in [4.78, 5) is 12.3. The first-order valence-corrected chi connectivity index (χ1v) is 9.13. The van der Waals surface area contributed by atoms with E-state index in [0.717, 1.165) is 25.7 Å². The highest BCUT2D eigenvalue weighted by Crippen LogP contribution is 2.64. The molecule has 0 unspecified atom stereocenters. The molecule has 4 aliphatic rings.